The van der Waals surface area contributed by atoms with Gasteiger partial charge in [-0.1, -0.05) is 0 Å². The maximum absolute atomic E-state index is 10.3. The zero-order valence-corrected chi connectivity index (χ0v) is 6.39. The van der Waals surface area contributed by atoms with Crippen molar-refractivity contribution in [2.75, 3.05) is 0 Å². The van der Waals surface area contributed by atoms with Crippen LogP contribution in [0.2, 0.25) is 0 Å². The van der Waals surface area contributed by atoms with Crippen molar-refractivity contribution in [1.82, 2.24) is 0 Å². The third-order valence-corrected chi connectivity index (χ3v) is 1.29. The number of nitrogens with two attached hydrogens (primary N) is 1. The standard InChI is InChI=1S/C5H8NO3P/c1-5(6,4(7)8)2-3-10-9/h2,6H2,1H3,(H,7,8). The Kier molecular flexibility index (Phi) is 3.37. The molecule has 3 N–H and O–H groups in total. The third kappa shape index (κ3) is 2.83. The van der Waals surface area contributed by atoms with Crippen molar-refractivity contribution in [3.05, 3.63) is 0 Å². The van der Waals surface area contributed by atoms with E-state index in [4.69, 9.17) is 10.8 Å². The summed E-state index contributed by atoms with van der Waals surface area (Å²) in [7, 11) is -0.308. The first-order valence-electron chi connectivity index (χ1n) is 2.58. The number of aliphatic carboxylic acids is 1. The molecule has 0 aliphatic heterocycles. The number of hydrogen-bond acceptors (Lipinski definition) is 3. The number of carboxylic acids is 1. The van der Waals surface area contributed by atoms with Crippen molar-refractivity contribution in [2.24, 2.45) is 5.73 Å². The minimum absolute atomic E-state index is 0.0204. The normalized spacial score (nSPS) is 15.0. The van der Waals surface area contributed by atoms with E-state index in [0.29, 0.717) is 0 Å². The molecular weight excluding hydrogens is 153 g/mol. The van der Waals surface area contributed by atoms with Gasteiger partial charge < -0.3 is 0 Å². The van der Waals surface area contributed by atoms with E-state index < -0.39 is 11.5 Å². The van der Waals surface area contributed by atoms with Crippen LogP contribution >= 0.6 is 7.92 Å². The molecule has 4 nitrogen and oxygen atoms in total. The Morgan fingerprint density at radius 2 is 2.40 bits per heavy atom. The molecule has 0 aliphatic carbocycles. The van der Waals surface area contributed by atoms with Crippen LogP contribution in [0.15, 0.2) is 0 Å². The van der Waals surface area contributed by atoms with E-state index in [0.717, 1.165) is 0 Å². The summed E-state index contributed by atoms with van der Waals surface area (Å²) in [6.07, 6.45) is -0.0204. The van der Waals surface area contributed by atoms with Gasteiger partial charge in [0.15, 0.2) is 0 Å². The molecule has 1 unspecified atom stereocenters. The van der Waals surface area contributed by atoms with E-state index >= 15 is 0 Å². The van der Waals surface area contributed by atoms with Crippen LogP contribution in [0.4, 0.5) is 0 Å². The third-order valence-electron chi connectivity index (χ3n) is 0.999. The Balaban J connectivity index is 4.21. The topological polar surface area (TPSA) is 80.4 Å². The first kappa shape index (κ1) is 9.44. The average Bonchev–Trinajstić information content (AvgIpc) is 1.84. The van der Waals surface area contributed by atoms with Gasteiger partial charge in [-0.3, -0.25) is 0 Å². The van der Waals surface area contributed by atoms with Crippen LogP contribution in [-0.4, -0.2) is 16.6 Å². The van der Waals surface area contributed by atoms with E-state index in [-0.39, 0.29) is 14.3 Å². The number of carboxylic acid groups (broad SMARTS) is 1. The summed E-state index contributed by atoms with van der Waals surface area (Å²) in [6.45, 7) is 1.34. The van der Waals surface area contributed by atoms with Crippen molar-refractivity contribution in [2.45, 2.75) is 18.9 Å². The summed E-state index contributed by atoms with van der Waals surface area (Å²) in [5.41, 5.74) is 6.17. The average molecular weight is 161 g/mol. The van der Waals surface area contributed by atoms with Crippen LogP contribution in [0.5, 0.6) is 0 Å². The fraction of sp³-hybridized carbons (Fsp3) is 0.600. The molecule has 10 heavy (non-hydrogen) atoms. The molecular formula is C5H8NO3P. The summed E-state index contributed by atoms with van der Waals surface area (Å²) in [4.78, 5) is 10.3. The Bertz CT molecular complexity index is 228. The van der Waals surface area contributed by atoms with Gasteiger partial charge in [0.25, 0.3) is 0 Å². The first-order valence-corrected chi connectivity index (χ1v) is 3.39. The van der Waals surface area contributed by atoms with Crippen LogP contribution in [-0.2, 0) is 9.36 Å². The van der Waals surface area contributed by atoms with E-state index in [9.17, 15) is 9.36 Å². The van der Waals surface area contributed by atoms with Crippen molar-refractivity contribution in [1.29, 1.82) is 0 Å². The van der Waals surface area contributed by atoms with Gasteiger partial charge in [0.2, 0.25) is 0 Å². The second-order valence-electron chi connectivity index (χ2n) is 2.15. The monoisotopic (exact) mass is 161 g/mol. The number of carbonyl (C=O) groups is 1. The molecule has 0 rings (SSSR count). The van der Waals surface area contributed by atoms with E-state index in [1.807, 2.05) is 0 Å². The van der Waals surface area contributed by atoms with Gasteiger partial charge in [-0.25, -0.2) is 0 Å². The van der Waals surface area contributed by atoms with Crippen molar-refractivity contribution in [3.8, 4) is 5.63 Å². The van der Waals surface area contributed by atoms with Crippen molar-refractivity contribution >= 4 is 13.9 Å². The second kappa shape index (κ2) is 3.57. The van der Waals surface area contributed by atoms with Crippen LogP contribution in [0.1, 0.15) is 13.3 Å². The molecule has 0 heterocycles. The van der Waals surface area contributed by atoms with E-state index in [2.05, 4.69) is 5.63 Å². The Morgan fingerprint density at radius 1 is 1.90 bits per heavy atom. The quantitative estimate of drug-likeness (QED) is 0.575. The van der Waals surface area contributed by atoms with Crippen LogP contribution in [0, 0.1) is 5.63 Å². The molecule has 1 atom stereocenters. The van der Waals surface area contributed by atoms with Crippen LogP contribution < -0.4 is 5.73 Å². The molecule has 0 radical (unpaired) electrons. The minimum atomic E-state index is -1.35. The van der Waals surface area contributed by atoms with Gasteiger partial charge in [0.05, 0.1) is 0 Å². The summed E-state index contributed by atoms with van der Waals surface area (Å²) in [6, 6.07) is 0. The van der Waals surface area contributed by atoms with E-state index in [1.54, 1.807) is 0 Å². The maximum atomic E-state index is 10.3. The molecule has 0 aromatic heterocycles. The van der Waals surface area contributed by atoms with Gasteiger partial charge in [0, 0.05) is 0 Å². The summed E-state index contributed by atoms with van der Waals surface area (Å²) < 4.78 is 9.81. The summed E-state index contributed by atoms with van der Waals surface area (Å²) in [5.74, 6) is -1.12. The summed E-state index contributed by atoms with van der Waals surface area (Å²) in [5, 5.41) is 8.40. The fourth-order valence-electron chi connectivity index (χ4n) is 0.272. The zero-order valence-electron chi connectivity index (χ0n) is 5.50. The molecule has 5 heteroatoms. The Hall–Kier alpha value is -0.560. The van der Waals surface area contributed by atoms with Crippen molar-refractivity contribution < 1.29 is 14.5 Å². The summed E-state index contributed by atoms with van der Waals surface area (Å²) >= 11 is 0. The molecule has 0 aromatic rings. The zero-order chi connectivity index (χ0) is 8.20. The van der Waals surface area contributed by atoms with Crippen LogP contribution in [0.3, 0.4) is 0 Å². The van der Waals surface area contributed by atoms with Gasteiger partial charge in [-0.05, 0) is 0 Å². The predicted octanol–water partition coefficient (Wildman–Crippen LogP) is 0.429. The molecule has 0 saturated heterocycles. The molecule has 0 saturated carbocycles. The molecule has 0 fully saturated rings. The second-order valence-corrected chi connectivity index (χ2v) is 2.65. The van der Waals surface area contributed by atoms with Crippen molar-refractivity contribution in [3.63, 3.8) is 0 Å². The van der Waals surface area contributed by atoms with E-state index in [1.165, 1.54) is 6.92 Å². The Morgan fingerprint density at radius 3 is 2.70 bits per heavy atom. The first-order chi connectivity index (χ1) is 4.50. The van der Waals surface area contributed by atoms with Gasteiger partial charge >= 0.3 is 58.6 Å². The molecule has 0 spiro atoms. The predicted molar refractivity (Wildman–Crippen MR) is 36.3 cm³/mol. The van der Waals surface area contributed by atoms with Gasteiger partial charge in [-0.15, -0.1) is 0 Å². The molecule has 0 aromatic carbocycles. The molecule has 0 amide bonds. The SMILES string of the molecule is CC(N)(CC#P=O)C(=O)O. The number of hydrogen-bond donors (Lipinski definition) is 2. The number of rotatable bonds is 2. The molecule has 0 aliphatic rings. The Labute approximate surface area is 59.5 Å². The van der Waals surface area contributed by atoms with Gasteiger partial charge in [0.1, 0.15) is 0 Å². The van der Waals surface area contributed by atoms with Crippen LogP contribution in [0.25, 0.3) is 0 Å². The fourth-order valence-corrected chi connectivity index (χ4v) is 0.665. The molecule has 0 bridgehead atoms. The molecule has 56 valence electrons. The van der Waals surface area contributed by atoms with Gasteiger partial charge in [-0.2, -0.15) is 0 Å².